The first-order chi connectivity index (χ1) is 14.4. The summed E-state index contributed by atoms with van der Waals surface area (Å²) in [5.74, 6) is -0.182. The summed E-state index contributed by atoms with van der Waals surface area (Å²) in [6.45, 7) is 3.29. The molecule has 1 aromatic heterocycles. The Labute approximate surface area is 173 Å². The van der Waals surface area contributed by atoms with E-state index in [9.17, 15) is 19.6 Å². The molecule has 0 N–H and O–H groups in total. The Bertz CT molecular complexity index is 1110. The number of amides is 2. The predicted molar refractivity (Wildman–Crippen MR) is 109 cm³/mol. The number of nitriles is 1. The van der Waals surface area contributed by atoms with E-state index < -0.39 is 11.8 Å². The molecule has 152 valence electrons. The third-order valence-corrected chi connectivity index (χ3v) is 4.83. The van der Waals surface area contributed by atoms with E-state index in [1.165, 1.54) is 20.1 Å². The van der Waals surface area contributed by atoms with E-state index in [4.69, 9.17) is 9.15 Å². The second kappa shape index (κ2) is 8.72. The number of methoxy groups -OCH3 is 1. The minimum Gasteiger partial charge on any atom is -0.457 e. The van der Waals surface area contributed by atoms with Crippen LogP contribution >= 0.6 is 0 Å². The topological polar surface area (TPSA) is 101 Å². The van der Waals surface area contributed by atoms with E-state index in [0.29, 0.717) is 22.7 Å². The number of ether oxygens (including phenoxy) is 1. The maximum Gasteiger partial charge on any atom is 0.271 e. The van der Waals surface area contributed by atoms with Gasteiger partial charge in [0.05, 0.1) is 13.2 Å². The molecule has 0 radical (unpaired) electrons. The summed E-state index contributed by atoms with van der Waals surface area (Å²) in [6.07, 6.45) is 1.52. The molecule has 0 saturated carbocycles. The van der Waals surface area contributed by atoms with Gasteiger partial charge in [0.2, 0.25) is 0 Å². The highest BCUT2D eigenvalue weighted by atomic mass is 16.5. The van der Waals surface area contributed by atoms with Gasteiger partial charge in [0, 0.05) is 23.8 Å². The minimum atomic E-state index is -0.625. The quantitative estimate of drug-likeness (QED) is 0.416. The van der Waals surface area contributed by atoms with Crippen molar-refractivity contribution in [2.75, 3.05) is 20.3 Å². The van der Waals surface area contributed by atoms with Crippen molar-refractivity contribution in [1.29, 1.82) is 5.26 Å². The fourth-order valence-electron chi connectivity index (χ4n) is 3.11. The summed E-state index contributed by atoms with van der Waals surface area (Å²) in [5.41, 5.74) is 1.83. The fraction of sp³-hybridized carbons (Fsp3) is 0.217. The maximum atomic E-state index is 12.9. The van der Waals surface area contributed by atoms with Crippen LogP contribution in [0.3, 0.4) is 0 Å². The van der Waals surface area contributed by atoms with Crippen LogP contribution in [0.1, 0.15) is 30.0 Å². The minimum absolute atomic E-state index is 0.0228. The molecule has 7 heteroatoms. The van der Waals surface area contributed by atoms with Crippen LogP contribution in [-0.4, -0.2) is 42.8 Å². The zero-order chi connectivity index (χ0) is 21.8. The Kier molecular flexibility index (Phi) is 6.09. The van der Waals surface area contributed by atoms with Crippen molar-refractivity contribution < 1.29 is 23.5 Å². The Morgan fingerprint density at radius 3 is 2.47 bits per heavy atom. The highest BCUT2D eigenvalue weighted by molar-refractivity contribution is 6.19. The van der Waals surface area contributed by atoms with Crippen LogP contribution in [-0.2, 0) is 14.3 Å². The smallest absolute Gasteiger partial charge is 0.271 e. The number of ketones is 1. The van der Waals surface area contributed by atoms with Crippen LogP contribution in [0.5, 0.6) is 0 Å². The molecule has 0 spiro atoms. The van der Waals surface area contributed by atoms with Crippen molar-refractivity contribution in [3.05, 3.63) is 64.4 Å². The lowest BCUT2D eigenvalue weighted by molar-refractivity contribution is -0.141. The average molecular weight is 404 g/mol. The number of Topliss-reactive ketones (excluding diaryl/α,β-unsaturated/α-hetero) is 1. The highest BCUT2D eigenvalue weighted by Crippen LogP contribution is 2.29. The molecule has 0 aliphatic carbocycles. The van der Waals surface area contributed by atoms with E-state index in [0.717, 1.165) is 10.5 Å². The number of rotatable bonds is 6. The van der Waals surface area contributed by atoms with Crippen molar-refractivity contribution in [3.8, 4) is 17.4 Å². The van der Waals surface area contributed by atoms with Crippen LogP contribution in [0.15, 0.2) is 57.5 Å². The first-order valence-electron chi connectivity index (χ1n) is 9.26. The largest absolute Gasteiger partial charge is 0.457 e. The van der Waals surface area contributed by atoms with Gasteiger partial charge in [0.25, 0.3) is 11.8 Å². The molecule has 7 nitrogen and oxygen atoms in total. The van der Waals surface area contributed by atoms with E-state index in [1.54, 1.807) is 43.3 Å². The van der Waals surface area contributed by atoms with Crippen LogP contribution in [0.25, 0.3) is 17.4 Å². The van der Waals surface area contributed by atoms with Gasteiger partial charge >= 0.3 is 0 Å². The number of nitrogens with zero attached hydrogens (tertiary/aromatic N) is 2. The van der Waals surface area contributed by atoms with Gasteiger partial charge in [-0.1, -0.05) is 24.3 Å². The van der Waals surface area contributed by atoms with Gasteiger partial charge in [-0.2, -0.15) is 5.26 Å². The summed E-state index contributed by atoms with van der Waals surface area (Å²) in [7, 11) is 1.47. The van der Waals surface area contributed by atoms with E-state index in [2.05, 4.69) is 0 Å². The summed E-state index contributed by atoms with van der Waals surface area (Å²) < 4.78 is 10.8. The molecule has 1 aromatic carbocycles. The van der Waals surface area contributed by atoms with E-state index in [-0.39, 0.29) is 30.1 Å². The average Bonchev–Trinajstić information content (AvgIpc) is 3.20. The zero-order valence-corrected chi connectivity index (χ0v) is 16.9. The van der Waals surface area contributed by atoms with Crippen LogP contribution in [0, 0.1) is 11.3 Å². The fourth-order valence-corrected chi connectivity index (χ4v) is 3.11. The number of carbonyl (C=O) groups is 3. The summed E-state index contributed by atoms with van der Waals surface area (Å²) >= 11 is 0. The van der Waals surface area contributed by atoms with Gasteiger partial charge in [-0.3, -0.25) is 19.3 Å². The number of furan rings is 1. The molecule has 0 bridgehead atoms. The van der Waals surface area contributed by atoms with Gasteiger partial charge in [-0.05, 0) is 37.6 Å². The lowest BCUT2D eigenvalue weighted by atomic mass is 9.95. The van der Waals surface area contributed by atoms with Crippen molar-refractivity contribution in [3.63, 3.8) is 0 Å². The molecule has 2 aromatic rings. The van der Waals surface area contributed by atoms with Crippen molar-refractivity contribution in [2.45, 2.75) is 13.8 Å². The summed E-state index contributed by atoms with van der Waals surface area (Å²) in [4.78, 5) is 37.7. The monoisotopic (exact) mass is 404 g/mol. The predicted octanol–water partition coefficient (Wildman–Crippen LogP) is 3.39. The van der Waals surface area contributed by atoms with Crippen molar-refractivity contribution >= 4 is 23.7 Å². The molecule has 0 fully saturated rings. The number of hydrogen-bond donors (Lipinski definition) is 0. The SMILES string of the molecule is COCCN1C(=O)C(C#N)=C(C)/C(=C\c2ccc(-c3ccc(C(C)=O)cc3)o2)C1=O. The van der Waals surface area contributed by atoms with E-state index >= 15 is 0 Å². The third-order valence-electron chi connectivity index (χ3n) is 4.83. The first kappa shape index (κ1) is 21.0. The second-order valence-electron chi connectivity index (χ2n) is 6.76. The Morgan fingerprint density at radius 1 is 1.17 bits per heavy atom. The van der Waals surface area contributed by atoms with Crippen LogP contribution < -0.4 is 0 Å². The lowest BCUT2D eigenvalue weighted by Gasteiger charge is -2.26. The molecule has 3 rings (SSSR count). The summed E-state index contributed by atoms with van der Waals surface area (Å²) in [6, 6.07) is 12.3. The zero-order valence-electron chi connectivity index (χ0n) is 16.9. The summed E-state index contributed by atoms with van der Waals surface area (Å²) in [5, 5.41) is 9.39. The van der Waals surface area contributed by atoms with Gasteiger partial charge in [-0.15, -0.1) is 0 Å². The van der Waals surface area contributed by atoms with E-state index in [1.807, 2.05) is 6.07 Å². The van der Waals surface area contributed by atoms with Gasteiger partial charge in [-0.25, -0.2) is 0 Å². The highest BCUT2D eigenvalue weighted by Gasteiger charge is 2.35. The van der Waals surface area contributed by atoms with Gasteiger partial charge in [0.15, 0.2) is 5.78 Å². The second-order valence-corrected chi connectivity index (χ2v) is 6.76. The number of hydrogen-bond acceptors (Lipinski definition) is 6. The lowest BCUT2D eigenvalue weighted by Crippen LogP contribution is -2.44. The van der Waals surface area contributed by atoms with Crippen molar-refractivity contribution in [2.24, 2.45) is 0 Å². The number of benzene rings is 1. The Hall–Kier alpha value is -3.76. The molecule has 30 heavy (non-hydrogen) atoms. The third kappa shape index (κ3) is 4.00. The van der Waals surface area contributed by atoms with Crippen LogP contribution in [0.2, 0.25) is 0 Å². The molecule has 2 heterocycles. The van der Waals surface area contributed by atoms with Crippen LogP contribution in [0.4, 0.5) is 0 Å². The molecule has 0 unspecified atom stereocenters. The standard InChI is InChI=1S/C23H20N2O5/c1-14-19(22(27)25(10-11-29-3)23(28)20(14)13-24)12-18-8-9-21(30-18)17-6-4-16(5-7-17)15(2)26/h4-9,12H,10-11H2,1-3H3/b19-12+. The van der Waals surface area contributed by atoms with Gasteiger partial charge in [0.1, 0.15) is 23.2 Å². The Morgan fingerprint density at radius 2 is 1.87 bits per heavy atom. The molecule has 1 aliphatic rings. The molecule has 2 amide bonds. The number of imide groups is 1. The maximum absolute atomic E-state index is 12.9. The molecular weight excluding hydrogens is 384 g/mol. The van der Waals surface area contributed by atoms with Gasteiger partial charge < -0.3 is 9.15 Å². The van der Waals surface area contributed by atoms with Crippen molar-refractivity contribution in [1.82, 2.24) is 4.90 Å². The molecular formula is C23H20N2O5. The molecule has 1 aliphatic heterocycles. The first-order valence-corrected chi connectivity index (χ1v) is 9.26. The number of carbonyl (C=O) groups excluding carboxylic acids is 3. The molecule has 0 saturated heterocycles. The Balaban J connectivity index is 1.96. The molecule has 0 atom stereocenters. The normalized spacial score (nSPS) is 15.7.